The van der Waals surface area contributed by atoms with Gasteiger partial charge in [-0.1, -0.05) is 48.0 Å². The van der Waals surface area contributed by atoms with Gasteiger partial charge in [-0.15, -0.1) is 0 Å². The number of carbonyl (C=O) groups excluding carboxylic acids is 1. The number of halogens is 1. The Balaban J connectivity index is 1.61. The summed E-state index contributed by atoms with van der Waals surface area (Å²) in [7, 11) is 1.49. The lowest BCUT2D eigenvalue weighted by atomic mass is 9.97. The zero-order valence-electron chi connectivity index (χ0n) is 20.4. The fourth-order valence-corrected chi connectivity index (χ4v) is 5.00. The molecule has 2 heterocycles. The number of hydrogen-bond donors (Lipinski definition) is 2. The Bertz CT molecular complexity index is 1520. The summed E-state index contributed by atoms with van der Waals surface area (Å²) < 4.78 is 13.1. The number of ether oxygens (including phenoxy) is 2. The molecule has 4 aromatic rings. The van der Waals surface area contributed by atoms with Crippen LogP contribution in [0.2, 0.25) is 5.02 Å². The van der Waals surface area contributed by atoms with Gasteiger partial charge in [-0.3, -0.25) is 4.79 Å². The highest BCUT2D eigenvalue weighted by atomic mass is 35.5. The van der Waals surface area contributed by atoms with E-state index in [1.165, 1.54) is 13.2 Å². The maximum absolute atomic E-state index is 13.9. The van der Waals surface area contributed by atoms with E-state index >= 15 is 0 Å². The number of carboxylic acid groups (broad SMARTS) is 1. The molecular weight excluding hydrogens is 492 g/mol. The van der Waals surface area contributed by atoms with Crippen molar-refractivity contribution >= 4 is 29.0 Å². The van der Waals surface area contributed by atoms with Gasteiger partial charge in [0, 0.05) is 33.1 Å². The van der Waals surface area contributed by atoms with E-state index in [0.29, 0.717) is 47.5 Å². The molecule has 1 aromatic heterocycles. The summed E-state index contributed by atoms with van der Waals surface area (Å²) in [6.45, 7) is 3.02. The van der Waals surface area contributed by atoms with Crippen LogP contribution in [-0.2, 0) is 13.1 Å². The maximum atomic E-state index is 13.9. The topological polar surface area (TPSA) is 89.8 Å². The monoisotopic (exact) mass is 516 g/mol. The number of anilines is 1. The van der Waals surface area contributed by atoms with Gasteiger partial charge in [-0.25, -0.2) is 4.79 Å². The molecule has 1 aliphatic rings. The van der Waals surface area contributed by atoms with Crippen LogP contribution in [0.5, 0.6) is 11.5 Å². The third kappa shape index (κ3) is 4.42. The molecule has 188 valence electrons. The standard InChI is InChI=1S/C29H25ClN2O5/c1-3-37-26-11-7-5-9-18(26)19-14-27(36-2)21(12-22(19)30)28(33)20-13-24(29(34)35)32-16-17-8-4-6-10-23(17)31-15-25(20)32/h4-14,31H,3,15-16H2,1-2H3,(H,34,35). The van der Waals surface area contributed by atoms with Crippen LogP contribution in [0.3, 0.4) is 0 Å². The third-order valence-corrected chi connectivity index (χ3v) is 6.79. The number of para-hydroxylation sites is 2. The molecule has 0 spiro atoms. The summed E-state index contributed by atoms with van der Waals surface area (Å²) in [5, 5.41) is 13.6. The van der Waals surface area contributed by atoms with Gasteiger partial charge in [0.15, 0.2) is 5.78 Å². The SMILES string of the molecule is CCOc1ccccc1-c1cc(OC)c(C(=O)c2cc(C(=O)O)n3c2CNc2ccccc2C3)cc1Cl. The van der Waals surface area contributed by atoms with Crippen molar-refractivity contribution in [3.8, 4) is 22.6 Å². The predicted molar refractivity (Wildman–Crippen MR) is 142 cm³/mol. The highest BCUT2D eigenvalue weighted by Crippen LogP contribution is 2.40. The Kier molecular flexibility index (Phi) is 6.63. The summed E-state index contributed by atoms with van der Waals surface area (Å²) in [4.78, 5) is 26.0. The van der Waals surface area contributed by atoms with E-state index in [1.54, 1.807) is 16.7 Å². The molecule has 0 saturated carbocycles. The molecule has 0 radical (unpaired) electrons. The number of nitrogens with zero attached hydrogens (tertiary/aromatic N) is 1. The summed E-state index contributed by atoms with van der Waals surface area (Å²) >= 11 is 6.71. The zero-order valence-corrected chi connectivity index (χ0v) is 21.1. The lowest BCUT2D eigenvalue weighted by Crippen LogP contribution is -2.13. The van der Waals surface area contributed by atoms with Crippen LogP contribution in [-0.4, -0.2) is 35.1 Å². The van der Waals surface area contributed by atoms with Crippen LogP contribution in [0.4, 0.5) is 5.69 Å². The normalized spacial score (nSPS) is 12.1. The van der Waals surface area contributed by atoms with Crippen LogP contribution in [0, 0.1) is 0 Å². The lowest BCUT2D eigenvalue weighted by Gasteiger charge is -2.15. The van der Waals surface area contributed by atoms with Crippen LogP contribution in [0.25, 0.3) is 11.1 Å². The van der Waals surface area contributed by atoms with Gasteiger partial charge < -0.3 is 24.5 Å². The molecule has 1 aliphatic heterocycles. The van der Waals surface area contributed by atoms with E-state index in [0.717, 1.165) is 16.8 Å². The number of carboxylic acids is 1. The number of hydrogen-bond acceptors (Lipinski definition) is 5. The van der Waals surface area contributed by atoms with E-state index in [9.17, 15) is 14.7 Å². The fraction of sp³-hybridized carbons (Fsp3) is 0.172. The highest BCUT2D eigenvalue weighted by molar-refractivity contribution is 6.34. The average Bonchev–Trinajstić information content (AvgIpc) is 3.15. The molecule has 0 aliphatic carbocycles. The number of carbonyl (C=O) groups is 2. The van der Waals surface area contributed by atoms with E-state index in [1.807, 2.05) is 55.5 Å². The number of methoxy groups -OCH3 is 1. The van der Waals surface area contributed by atoms with Crippen molar-refractivity contribution in [1.82, 2.24) is 4.57 Å². The first-order valence-corrected chi connectivity index (χ1v) is 12.2. The van der Waals surface area contributed by atoms with Crippen molar-refractivity contribution in [2.24, 2.45) is 0 Å². The molecule has 0 saturated heterocycles. The molecule has 3 aromatic carbocycles. The number of aromatic nitrogens is 1. The molecular formula is C29H25ClN2O5. The number of fused-ring (bicyclic) bond motifs is 2. The number of aromatic carboxylic acids is 1. The van der Waals surface area contributed by atoms with E-state index in [2.05, 4.69) is 5.32 Å². The molecule has 2 N–H and O–H groups in total. The predicted octanol–water partition coefficient (Wildman–Crippen LogP) is 6.12. The van der Waals surface area contributed by atoms with E-state index in [-0.39, 0.29) is 22.6 Å². The molecule has 7 nitrogen and oxygen atoms in total. The van der Waals surface area contributed by atoms with Crippen molar-refractivity contribution in [1.29, 1.82) is 0 Å². The first kappa shape index (κ1) is 24.5. The maximum Gasteiger partial charge on any atom is 0.352 e. The van der Waals surface area contributed by atoms with Crippen molar-refractivity contribution < 1.29 is 24.2 Å². The van der Waals surface area contributed by atoms with Crippen molar-refractivity contribution in [3.05, 3.63) is 99.8 Å². The summed E-state index contributed by atoms with van der Waals surface area (Å²) in [6.07, 6.45) is 0. The summed E-state index contributed by atoms with van der Waals surface area (Å²) in [6, 6.07) is 19.9. The van der Waals surface area contributed by atoms with Crippen LogP contribution in [0.1, 0.15) is 44.6 Å². The molecule has 0 fully saturated rings. The molecule has 0 bridgehead atoms. The highest BCUT2D eigenvalue weighted by Gasteiger charge is 2.28. The Labute approximate surface area is 219 Å². The number of nitrogens with one attached hydrogen (secondary N) is 1. The largest absolute Gasteiger partial charge is 0.496 e. The quantitative estimate of drug-likeness (QED) is 0.288. The van der Waals surface area contributed by atoms with Gasteiger partial charge in [0.2, 0.25) is 0 Å². The lowest BCUT2D eigenvalue weighted by molar-refractivity contribution is 0.0685. The molecule has 0 unspecified atom stereocenters. The Morgan fingerprint density at radius 2 is 1.76 bits per heavy atom. The van der Waals surface area contributed by atoms with Gasteiger partial charge in [-0.2, -0.15) is 0 Å². The van der Waals surface area contributed by atoms with Gasteiger partial charge in [0.25, 0.3) is 0 Å². The van der Waals surface area contributed by atoms with Crippen molar-refractivity contribution in [3.63, 3.8) is 0 Å². The van der Waals surface area contributed by atoms with Gasteiger partial charge >= 0.3 is 5.97 Å². The van der Waals surface area contributed by atoms with Crippen LogP contribution in [0.15, 0.2) is 66.7 Å². The van der Waals surface area contributed by atoms with E-state index < -0.39 is 5.97 Å². The second kappa shape index (κ2) is 10.0. The Hall–Kier alpha value is -4.23. The van der Waals surface area contributed by atoms with Crippen LogP contribution < -0.4 is 14.8 Å². The first-order valence-electron chi connectivity index (χ1n) is 11.8. The molecule has 5 rings (SSSR count). The second-order valence-electron chi connectivity index (χ2n) is 8.58. The fourth-order valence-electron chi connectivity index (χ4n) is 4.74. The van der Waals surface area contributed by atoms with Crippen molar-refractivity contribution in [2.45, 2.75) is 20.0 Å². The molecule has 0 amide bonds. The zero-order chi connectivity index (χ0) is 26.1. The smallest absolute Gasteiger partial charge is 0.352 e. The number of benzene rings is 3. The van der Waals surface area contributed by atoms with Gasteiger partial charge in [0.05, 0.1) is 32.4 Å². The third-order valence-electron chi connectivity index (χ3n) is 6.48. The number of rotatable bonds is 7. The number of ketones is 1. The Morgan fingerprint density at radius 3 is 2.51 bits per heavy atom. The minimum Gasteiger partial charge on any atom is -0.496 e. The molecule has 0 atom stereocenters. The van der Waals surface area contributed by atoms with Crippen molar-refractivity contribution in [2.75, 3.05) is 19.0 Å². The van der Waals surface area contributed by atoms with E-state index in [4.69, 9.17) is 21.1 Å². The first-order chi connectivity index (χ1) is 17.9. The molecule has 37 heavy (non-hydrogen) atoms. The summed E-state index contributed by atoms with van der Waals surface area (Å²) in [5.74, 6) is -0.472. The minimum atomic E-state index is -1.10. The second-order valence-corrected chi connectivity index (χ2v) is 8.99. The minimum absolute atomic E-state index is 0.0455. The van der Waals surface area contributed by atoms with Gasteiger partial charge in [0.1, 0.15) is 17.2 Å². The van der Waals surface area contributed by atoms with Crippen LogP contribution >= 0.6 is 11.6 Å². The average molecular weight is 517 g/mol. The van der Waals surface area contributed by atoms with Gasteiger partial charge in [-0.05, 0) is 42.8 Å². The molecule has 8 heteroatoms. The summed E-state index contributed by atoms with van der Waals surface area (Å²) in [5.41, 5.74) is 4.45. The Morgan fingerprint density at radius 1 is 1.00 bits per heavy atom.